The number of carbonyl (C=O) groups is 1. The quantitative estimate of drug-likeness (QED) is 0.809. The Bertz CT molecular complexity index is 761. The molecule has 1 amide bonds. The molecule has 2 aromatic rings. The lowest BCUT2D eigenvalue weighted by molar-refractivity contribution is -0.131. The van der Waals surface area contributed by atoms with Crippen LogP contribution in [0.1, 0.15) is 49.8 Å². The highest BCUT2D eigenvalue weighted by Gasteiger charge is 2.29. The molecule has 0 radical (unpaired) electrons. The molecule has 1 fully saturated rings. The van der Waals surface area contributed by atoms with Crippen molar-refractivity contribution in [2.45, 2.75) is 58.0 Å². The number of thiophene rings is 1. The highest BCUT2D eigenvalue weighted by Crippen LogP contribution is 2.28. The topological polar surface area (TPSA) is 54.3 Å². The van der Waals surface area contributed by atoms with Crippen LogP contribution in [0.2, 0.25) is 0 Å². The van der Waals surface area contributed by atoms with E-state index >= 15 is 0 Å². The van der Waals surface area contributed by atoms with Gasteiger partial charge in [-0.15, -0.1) is 10.2 Å². The molecule has 6 nitrogen and oxygen atoms in total. The summed E-state index contributed by atoms with van der Waals surface area (Å²) in [6.07, 6.45) is 3.48. The molecule has 2 aliphatic heterocycles. The lowest BCUT2D eigenvalue weighted by Crippen LogP contribution is -2.39. The fourth-order valence-electron chi connectivity index (χ4n) is 4.25. The predicted octanol–water partition coefficient (Wildman–Crippen LogP) is 2.55. The average molecular weight is 388 g/mol. The van der Waals surface area contributed by atoms with Crippen LogP contribution in [0.3, 0.4) is 0 Å². The van der Waals surface area contributed by atoms with Gasteiger partial charge in [0.15, 0.2) is 0 Å². The maximum Gasteiger partial charge on any atom is 0.227 e. The van der Waals surface area contributed by atoms with Crippen LogP contribution in [0.15, 0.2) is 16.8 Å². The summed E-state index contributed by atoms with van der Waals surface area (Å²) in [4.78, 5) is 17.1. The Morgan fingerprint density at radius 3 is 2.70 bits per heavy atom. The molecule has 2 aromatic heterocycles. The second-order valence-corrected chi connectivity index (χ2v) is 8.75. The number of nitrogens with zero attached hydrogens (tertiary/aromatic N) is 5. The largest absolute Gasteiger partial charge is 0.342 e. The number of aromatic nitrogens is 3. The molecule has 1 saturated heterocycles. The van der Waals surface area contributed by atoms with Crippen LogP contribution in [-0.2, 0) is 24.2 Å². The van der Waals surface area contributed by atoms with Gasteiger partial charge < -0.3 is 9.47 Å². The summed E-state index contributed by atoms with van der Waals surface area (Å²) in [5.74, 6) is 2.94. The Balaban J connectivity index is 1.37. The zero-order valence-corrected chi connectivity index (χ0v) is 17.1. The molecule has 0 unspecified atom stereocenters. The summed E-state index contributed by atoms with van der Waals surface area (Å²) in [5.41, 5.74) is 1.13. The smallest absolute Gasteiger partial charge is 0.227 e. The summed E-state index contributed by atoms with van der Waals surface area (Å²) in [6, 6.07) is 2.62. The van der Waals surface area contributed by atoms with Crippen molar-refractivity contribution in [3.8, 4) is 0 Å². The van der Waals surface area contributed by atoms with Crippen LogP contribution in [0.4, 0.5) is 0 Å². The maximum absolute atomic E-state index is 12.5. The van der Waals surface area contributed by atoms with Crippen molar-refractivity contribution in [3.63, 3.8) is 0 Å². The zero-order chi connectivity index (χ0) is 18.8. The maximum atomic E-state index is 12.5. The van der Waals surface area contributed by atoms with Crippen molar-refractivity contribution in [2.24, 2.45) is 0 Å². The third kappa shape index (κ3) is 4.09. The average Bonchev–Trinajstić information content (AvgIpc) is 3.27. The number of amides is 1. The zero-order valence-electron chi connectivity index (χ0n) is 16.3. The number of hydrogen-bond acceptors (Lipinski definition) is 5. The first-order valence-electron chi connectivity index (χ1n) is 10.1. The van der Waals surface area contributed by atoms with E-state index in [0.29, 0.717) is 18.4 Å². The molecule has 4 rings (SSSR count). The molecule has 0 bridgehead atoms. The fraction of sp³-hybridized carbons (Fsp3) is 0.650. The van der Waals surface area contributed by atoms with Crippen molar-refractivity contribution in [3.05, 3.63) is 34.0 Å². The van der Waals surface area contributed by atoms with Crippen LogP contribution >= 0.6 is 11.3 Å². The molecular weight excluding hydrogens is 358 g/mol. The first-order chi connectivity index (χ1) is 13.1. The Labute approximate surface area is 165 Å². The van der Waals surface area contributed by atoms with Gasteiger partial charge in [-0.05, 0) is 49.1 Å². The van der Waals surface area contributed by atoms with Gasteiger partial charge in [-0.1, -0.05) is 0 Å². The van der Waals surface area contributed by atoms with Gasteiger partial charge >= 0.3 is 0 Å². The van der Waals surface area contributed by atoms with Gasteiger partial charge in [0.05, 0.1) is 6.42 Å². The molecule has 2 aliphatic rings. The van der Waals surface area contributed by atoms with Gasteiger partial charge in [-0.2, -0.15) is 11.3 Å². The van der Waals surface area contributed by atoms with E-state index in [9.17, 15) is 4.79 Å². The predicted molar refractivity (Wildman–Crippen MR) is 107 cm³/mol. The number of hydrogen-bond donors (Lipinski definition) is 0. The van der Waals surface area contributed by atoms with Gasteiger partial charge in [-0.25, -0.2) is 0 Å². The number of likely N-dealkylation sites (tertiary alicyclic amines) is 1. The molecule has 0 aliphatic carbocycles. The van der Waals surface area contributed by atoms with E-state index in [1.54, 1.807) is 11.3 Å². The number of rotatable bonds is 4. The monoisotopic (exact) mass is 387 g/mol. The van der Waals surface area contributed by atoms with Gasteiger partial charge in [0.1, 0.15) is 11.6 Å². The minimum absolute atomic E-state index is 0.250. The van der Waals surface area contributed by atoms with E-state index in [1.165, 1.54) is 0 Å². The molecule has 146 valence electrons. The Morgan fingerprint density at radius 1 is 1.19 bits per heavy atom. The van der Waals surface area contributed by atoms with Gasteiger partial charge in [-0.3, -0.25) is 9.69 Å². The molecule has 27 heavy (non-hydrogen) atoms. The van der Waals surface area contributed by atoms with Gasteiger partial charge in [0, 0.05) is 51.1 Å². The summed E-state index contributed by atoms with van der Waals surface area (Å²) >= 11 is 1.65. The second kappa shape index (κ2) is 8.10. The van der Waals surface area contributed by atoms with Crippen molar-refractivity contribution in [2.75, 3.05) is 26.2 Å². The van der Waals surface area contributed by atoms with Crippen molar-refractivity contribution < 1.29 is 4.79 Å². The van der Waals surface area contributed by atoms with Crippen LogP contribution in [0, 0.1) is 0 Å². The second-order valence-electron chi connectivity index (χ2n) is 7.97. The molecule has 0 aromatic carbocycles. The van der Waals surface area contributed by atoms with Gasteiger partial charge in [0.25, 0.3) is 0 Å². The van der Waals surface area contributed by atoms with E-state index in [4.69, 9.17) is 0 Å². The lowest BCUT2D eigenvalue weighted by Gasteiger charge is -2.32. The summed E-state index contributed by atoms with van der Waals surface area (Å²) < 4.78 is 2.36. The third-order valence-electron chi connectivity index (χ3n) is 5.97. The summed E-state index contributed by atoms with van der Waals surface area (Å²) in [5, 5.41) is 13.2. The Hall–Kier alpha value is -1.73. The summed E-state index contributed by atoms with van der Waals surface area (Å²) in [7, 11) is 0. The Kier molecular flexibility index (Phi) is 5.59. The van der Waals surface area contributed by atoms with Crippen LogP contribution in [-0.4, -0.2) is 62.7 Å². The SMILES string of the molecule is CC(C)N1CCc2nnc(C3CCN(C(=O)Cc4ccsc4)CC3)n2CC1. The van der Waals surface area contributed by atoms with Gasteiger partial charge in [0.2, 0.25) is 5.91 Å². The first-order valence-corrected chi connectivity index (χ1v) is 11.0. The van der Waals surface area contributed by atoms with E-state index in [0.717, 1.165) is 69.2 Å². The molecule has 0 spiro atoms. The fourth-order valence-corrected chi connectivity index (χ4v) is 4.92. The number of fused-ring (bicyclic) bond motifs is 1. The molecule has 4 heterocycles. The van der Waals surface area contributed by atoms with Crippen LogP contribution in [0.25, 0.3) is 0 Å². The molecular formula is C20H29N5OS. The first kappa shape index (κ1) is 18.6. The highest BCUT2D eigenvalue weighted by atomic mass is 32.1. The van der Waals surface area contributed by atoms with Crippen molar-refractivity contribution in [1.82, 2.24) is 24.6 Å². The number of carbonyl (C=O) groups excluding carboxylic acids is 1. The molecule has 7 heteroatoms. The standard InChI is InChI=1S/C20H29N5OS/c1-15(2)23-9-5-18-21-22-20(25(18)11-10-23)17-3-7-24(8-4-17)19(26)13-16-6-12-27-14-16/h6,12,14-15,17H,3-5,7-11,13H2,1-2H3. The number of piperidine rings is 1. The molecule has 0 atom stereocenters. The minimum atomic E-state index is 0.250. The third-order valence-corrected chi connectivity index (χ3v) is 6.70. The van der Waals surface area contributed by atoms with E-state index < -0.39 is 0 Å². The molecule has 0 saturated carbocycles. The molecule has 0 N–H and O–H groups in total. The highest BCUT2D eigenvalue weighted by molar-refractivity contribution is 7.08. The normalized spacial score (nSPS) is 19.3. The van der Waals surface area contributed by atoms with E-state index in [2.05, 4.69) is 38.9 Å². The van der Waals surface area contributed by atoms with Crippen molar-refractivity contribution >= 4 is 17.2 Å². The summed E-state index contributed by atoms with van der Waals surface area (Å²) in [6.45, 7) is 9.28. The van der Waals surface area contributed by atoms with E-state index in [1.807, 2.05) is 16.3 Å². The Morgan fingerprint density at radius 2 is 2.00 bits per heavy atom. The van der Waals surface area contributed by atoms with E-state index in [-0.39, 0.29) is 5.91 Å². The lowest BCUT2D eigenvalue weighted by atomic mass is 9.95. The minimum Gasteiger partial charge on any atom is -0.342 e. The van der Waals surface area contributed by atoms with Crippen LogP contribution < -0.4 is 0 Å². The van der Waals surface area contributed by atoms with Crippen molar-refractivity contribution in [1.29, 1.82) is 0 Å². The van der Waals surface area contributed by atoms with Crippen LogP contribution in [0.5, 0.6) is 0 Å².